The van der Waals surface area contributed by atoms with Gasteiger partial charge < -0.3 is 0 Å². The van der Waals surface area contributed by atoms with Crippen molar-refractivity contribution in [1.82, 2.24) is 9.13 Å². The van der Waals surface area contributed by atoms with E-state index in [1.807, 2.05) is 0 Å². The Bertz CT molecular complexity index is 1110. The summed E-state index contributed by atoms with van der Waals surface area (Å²) in [5, 5.41) is 18.9. The minimum atomic E-state index is -4.67. The summed E-state index contributed by atoms with van der Waals surface area (Å²) in [4.78, 5) is 25.1. The Morgan fingerprint density at radius 2 is 1.43 bits per heavy atom. The molecule has 0 amide bonds. The number of rotatable bonds is 3. The molecule has 0 N–H and O–H groups in total. The van der Waals surface area contributed by atoms with Crippen molar-refractivity contribution in [3.63, 3.8) is 0 Å². The lowest BCUT2D eigenvalue weighted by molar-refractivity contribution is -0.138. The molecule has 1 aromatic heterocycles. The maximum absolute atomic E-state index is 13.2. The Kier molecular flexibility index (Phi) is 5.51. The van der Waals surface area contributed by atoms with Crippen LogP contribution in [0.1, 0.15) is 43.3 Å². The molecule has 0 atom stereocenters. The van der Waals surface area contributed by atoms with E-state index in [9.17, 15) is 33.3 Å². The summed E-state index contributed by atoms with van der Waals surface area (Å²) in [6, 6.07) is 7.98. The molecular weight excluding hydrogens is 373 g/mol. The molecular formula is C19H17F3N4O2. The van der Waals surface area contributed by atoms with E-state index >= 15 is 0 Å². The number of nitriles is 2. The van der Waals surface area contributed by atoms with Gasteiger partial charge in [-0.15, -0.1) is 0 Å². The Labute approximate surface area is 158 Å². The van der Waals surface area contributed by atoms with Crippen LogP contribution in [0.25, 0.3) is 0 Å². The molecule has 0 spiro atoms. The molecule has 0 bridgehead atoms. The third-order valence-electron chi connectivity index (χ3n) is 3.93. The molecule has 2 aromatic rings. The van der Waals surface area contributed by atoms with E-state index in [1.165, 1.54) is 12.1 Å². The number of hydrogen-bond acceptors (Lipinski definition) is 4. The highest BCUT2D eigenvalue weighted by molar-refractivity contribution is 5.38. The average molecular weight is 390 g/mol. The third-order valence-corrected chi connectivity index (χ3v) is 3.93. The van der Waals surface area contributed by atoms with Crippen molar-refractivity contribution < 1.29 is 13.2 Å². The Hall–Kier alpha value is -3.33. The minimum absolute atomic E-state index is 0.00136. The first kappa shape index (κ1) is 21.0. The van der Waals surface area contributed by atoms with Gasteiger partial charge in [-0.05, 0) is 17.0 Å². The van der Waals surface area contributed by atoms with Crippen molar-refractivity contribution >= 4 is 0 Å². The van der Waals surface area contributed by atoms with Crippen molar-refractivity contribution in [2.75, 3.05) is 0 Å². The van der Waals surface area contributed by atoms with Crippen molar-refractivity contribution in [3.8, 4) is 12.1 Å². The molecule has 0 aliphatic carbocycles. The molecule has 0 saturated heterocycles. The van der Waals surface area contributed by atoms with Gasteiger partial charge in [-0.3, -0.25) is 18.7 Å². The van der Waals surface area contributed by atoms with Crippen LogP contribution in [0.3, 0.4) is 0 Å². The molecule has 0 unspecified atom stereocenters. The molecule has 1 aromatic carbocycles. The van der Waals surface area contributed by atoms with Gasteiger partial charge in [0.15, 0.2) is 11.4 Å². The van der Waals surface area contributed by atoms with Crippen LogP contribution >= 0.6 is 0 Å². The number of hydrogen-bond donors (Lipinski definition) is 0. The first-order valence-corrected chi connectivity index (χ1v) is 8.23. The summed E-state index contributed by atoms with van der Waals surface area (Å²) in [6.45, 7) is 4.67. The van der Waals surface area contributed by atoms with E-state index in [0.29, 0.717) is 4.57 Å². The van der Waals surface area contributed by atoms with Crippen LogP contribution in [0, 0.1) is 28.1 Å². The van der Waals surface area contributed by atoms with Crippen molar-refractivity contribution in [2.45, 2.75) is 40.0 Å². The smallest absolute Gasteiger partial charge is 0.292 e. The third kappa shape index (κ3) is 4.15. The number of halogens is 3. The second kappa shape index (κ2) is 7.35. The molecule has 0 fully saturated rings. The SMILES string of the molecule is CC(C)(C)Cn1c(C#N)c(C#N)n(Cc2ccccc2C(F)(F)F)c(=O)c1=O. The monoisotopic (exact) mass is 390 g/mol. The van der Waals surface area contributed by atoms with Crippen LogP contribution in [-0.2, 0) is 19.3 Å². The van der Waals surface area contributed by atoms with Gasteiger partial charge in [0.05, 0.1) is 12.1 Å². The van der Waals surface area contributed by atoms with E-state index in [1.54, 1.807) is 32.9 Å². The summed E-state index contributed by atoms with van der Waals surface area (Å²) in [5.74, 6) is 0. The minimum Gasteiger partial charge on any atom is -0.292 e. The highest BCUT2D eigenvalue weighted by atomic mass is 19.4. The summed E-state index contributed by atoms with van der Waals surface area (Å²) in [6.07, 6.45) is -4.67. The summed E-state index contributed by atoms with van der Waals surface area (Å²) in [7, 11) is 0. The normalized spacial score (nSPS) is 11.7. The zero-order chi connectivity index (χ0) is 21.3. The van der Waals surface area contributed by atoms with Gasteiger partial charge in [0.1, 0.15) is 12.1 Å². The maximum Gasteiger partial charge on any atom is 0.416 e. The standard InChI is InChI=1S/C19H17F3N4O2/c1-18(2,3)11-26-15(9-24)14(8-23)25(16(27)17(26)28)10-12-6-4-5-7-13(12)19(20,21)22/h4-7H,10-11H2,1-3H3. The molecule has 6 nitrogen and oxygen atoms in total. The van der Waals surface area contributed by atoms with Gasteiger partial charge in [-0.1, -0.05) is 39.0 Å². The number of nitrogens with zero attached hydrogens (tertiary/aromatic N) is 4. The quantitative estimate of drug-likeness (QED) is 0.754. The summed E-state index contributed by atoms with van der Waals surface area (Å²) < 4.78 is 41.3. The van der Waals surface area contributed by atoms with Gasteiger partial charge in [0.2, 0.25) is 0 Å². The van der Waals surface area contributed by atoms with Gasteiger partial charge in [-0.25, -0.2) is 0 Å². The molecule has 0 aliphatic rings. The summed E-state index contributed by atoms with van der Waals surface area (Å²) in [5.41, 5.74) is -4.77. The van der Waals surface area contributed by atoms with Gasteiger partial charge in [0, 0.05) is 6.54 Å². The fourth-order valence-corrected chi connectivity index (χ4v) is 2.80. The second-order valence-electron chi connectivity index (χ2n) is 7.42. The highest BCUT2D eigenvalue weighted by Crippen LogP contribution is 2.32. The fraction of sp³-hybridized carbons (Fsp3) is 0.368. The summed E-state index contributed by atoms with van der Waals surface area (Å²) >= 11 is 0. The lowest BCUT2D eigenvalue weighted by Crippen LogP contribution is -2.45. The Morgan fingerprint density at radius 3 is 1.93 bits per heavy atom. The number of benzene rings is 1. The van der Waals surface area contributed by atoms with Crippen LogP contribution in [0.5, 0.6) is 0 Å². The lowest BCUT2D eigenvalue weighted by atomic mass is 9.96. The predicted octanol–water partition coefficient (Wildman–Crippen LogP) is 2.87. The van der Waals surface area contributed by atoms with E-state index in [2.05, 4.69) is 0 Å². The molecule has 0 saturated carbocycles. The van der Waals surface area contributed by atoms with E-state index in [-0.39, 0.29) is 17.8 Å². The van der Waals surface area contributed by atoms with Gasteiger partial charge in [-0.2, -0.15) is 23.7 Å². The number of aromatic nitrogens is 2. The molecule has 0 radical (unpaired) electrons. The topological polar surface area (TPSA) is 91.6 Å². The Balaban J connectivity index is 2.78. The molecule has 9 heteroatoms. The van der Waals surface area contributed by atoms with Crippen LogP contribution in [0.15, 0.2) is 33.9 Å². The van der Waals surface area contributed by atoms with Gasteiger partial charge in [0.25, 0.3) is 0 Å². The van der Waals surface area contributed by atoms with E-state index in [4.69, 9.17) is 0 Å². The van der Waals surface area contributed by atoms with Crippen LogP contribution in [-0.4, -0.2) is 9.13 Å². The largest absolute Gasteiger partial charge is 0.416 e. The zero-order valence-electron chi connectivity index (χ0n) is 15.5. The van der Waals surface area contributed by atoms with Crippen molar-refractivity contribution in [1.29, 1.82) is 10.5 Å². The fourth-order valence-electron chi connectivity index (χ4n) is 2.80. The molecule has 2 rings (SSSR count). The average Bonchev–Trinajstić information content (AvgIpc) is 2.59. The van der Waals surface area contributed by atoms with E-state index in [0.717, 1.165) is 16.7 Å². The van der Waals surface area contributed by atoms with Crippen molar-refractivity contribution in [3.05, 3.63) is 67.5 Å². The zero-order valence-corrected chi connectivity index (χ0v) is 15.5. The molecule has 28 heavy (non-hydrogen) atoms. The maximum atomic E-state index is 13.2. The molecule has 0 aliphatic heterocycles. The first-order chi connectivity index (χ1) is 12.9. The first-order valence-electron chi connectivity index (χ1n) is 8.23. The van der Waals surface area contributed by atoms with Crippen LogP contribution in [0.2, 0.25) is 0 Å². The molecule has 1 heterocycles. The highest BCUT2D eigenvalue weighted by Gasteiger charge is 2.33. The molecule has 146 valence electrons. The Morgan fingerprint density at radius 1 is 0.929 bits per heavy atom. The van der Waals surface area contributed by atoms with Crippen molar-refractivity contribution in [2.24, 2.45) is 5.41 Å². The number of alkyl halides is 3. The second-order valence-corrected chi connectivity index (χ2v) is 7.42. The van der Waals surface area contributed by atoms with Crippen LogP contribution < -0.4 is 11.1 Å². The van der Waals surface area contributed by atoms with E-state index < -0.39 is 40.5 Å². The van der Waals surface area contributed by atoms with Crippen LogP contribution in [0.4, 0.5) is 13.2 Å². The van der Waals surface area contributed by atoms with Gasteiger partial charge >= 0.3 is 17.3 Å². The predicted molar refractivity (Wildman–Crippen MR) is 94.4 cm³/mol. The lowest BCUT2D eigenvalue weighted by Gasteiger charge is -2.22.